The largest absolute Gasteiger partial charge is 0.434 e. The highest BCUT2D eigenvalue weighted by atomic mass is 32.1. The van der Waals surface area contributed by atoms with Crippen molar-refractivity contribution in [2.45, 2.75) is 19.5 Å². The first-order valence-corrected chi connectivity index (χ1v) is 8.70. The van der Waals surface area contributed by atoms with Crippen LogP contribution < -0.4 is 5.32 Å². The molecule has 0 bridgehead atoms. The van der Waals surface area contributed by atoms with Gasteiger partial charge in [-0.3, -0.25) is 9.89 Å². The van der Waals surface area contributed by atoms with Crippen LogP contribution in [0.3, 0.4) is 0 Å². The van der Waals surface area contributed by atoms with Gasteiger partial charge in [0.05, 0.1) is 17.4 Å². The third-order valence-electron chi connectivity index (χ3n) is 4.23. The summed E-state index contributed by atoms with van der Waals surface area (Å²) < 4.78 is 43.9. The Morgan fingerprint density at radius 2 is 2.04 bits per heavy atom. The Morgan fingerprint density at radius 1 is 1.32 bits per heavy atom. The number of amides is 1. The molecule has 148 valence electrons. The number of hydrogen-bond acceptors (Lipinski definition) is 4. The highest BCUT2D eigenvalue weighted by Crippen LogP contribution is 2.34. The smallest absolute Gasteiger partial charge is 0.351 e. The molecule has 0 spiro atoms. The quantitative estimate of drug-likeness (QED) is 0.634. The molecule has 28 heavy (non-hydrogen) atoms. The predicted molar refractivity (Wildman–Crippen MR) is 97.7 cm³/mol. The Bertz CT molecular complexity index is 1070. The van der Waals surface area contributed by atoms with Crippen molar-refractivity contribution in [3.05, 3.63) is 57.9 Å². The fourth-order valence-corrected chi connectivity index (χ4v) is 2.91. The van der Waals surface area contributed by atoms with Crippen molar-refractivity contribution in [2.24, 2.45) is 7.05 Å². The number of hydrogen-bond donors (Lipinski definition) is 2. The predicted octanol–water partition coefficient (Wildman–Crippen LogP) is 2.96. The van der Waals surface area contributed by atoms with Gasteiger partial charge in [-0.2, -0.15) is 23.4 Å². The van der Waals surface area contributed by atoms with Gasteiger partial charge < -0.3 is 9.88 Å². The van der Waals surface area contributed by atoms with E-state index in [4.69, 9.17) is 12.2 Å². The molecule has 0 saturated carbocycles. The van der Waals surface area contributed by atoms with Gasteiger partial charge in [-0.1, -0.05) is 18.2 Å². The standard InChI is InChI=1S/C17H17F3N6OS/c1-10-5-3-4-6-12(10)26-14(17(18,19)20)11(9-22-26)15(27)21-8-7-13-23-24-16(28)25(13)2/h3-6,9H,7-8H2,1-2H3,(H,21,27)(H,24,28). The number of aromatic nitrogens is 5. The number of alkyl halides is 3. The monoisotopic (exact) mass is 410 g/mol. The number of H-pyrrole nitrogens is 1. The van der Waals surface area contributed by atoms with Crippen LogP contribution in [0.4, 0.5) is 13.2 Å². The normalized spacial score (nSPS) is 11.6. The fourth-order valence-electron chi connectivity index (χ4n) is 2.76. The molecule has 1 amide bonds. The Hall–Kier alpha value is -2.95. The highest BCUT2D eigenvalue weighted by Gasteiger charge is 2.40. The lowest BCUT2D eigenvalue weighted by Crippen LogP contribution is -2.29. The van der Waals surface area contributed by atoms with E-state index < -0.39 is 23.3 Å². The maximum atomic E-state index is 13.7. The average Bonchev–Trinajstić information content (AvgIpc) is 3.21. The van der Waals surface area contributed by atoms with E-state index in [1.54, 1.807) is 36.7 Å². The molecule has 0 atom stereocenters. The SMILES string of the molecule is Cc1ccccc1-n1ncc(C(=O)NCCc2n[nH]c(=S)n2C)c1C(F)(F)F. The Labute approximate surface area is 163 Å². The number of nitrogens with zero attached hydrogens (tertiary/aromatic N) is 4. The molecule has 0 aliphatic rings. The zero-order chi connectivity index (χ0) is 20.5. The van der Waals surface area contributed by atoms with Crippen LogP contribution >= 0.6 is 12.2 Å². The molecule has 3 rings (SSSR count). The third kappa shape index (κ3) is 3.84. The van der Waals surface area contributed by atoms with E-state index in [9.17, 15) is 18.0 Å². The summed E-state index contributed by atoms with van der Waals surface area (Å²) in [4.78, 5) is 12.4. The van der Waals surface area contributed by atoms with Gasteiger partial charge in [0.2, 0.25) is 0 Å². The second-order valence-corrected chi connectivity index (χ2v) is 6.50. The lowest BCUT2D eigenvalue weighted by atomic mass is 10.1. The number of aromatic amines is 1. The van der Waals surface area contributed by atoms with Gasteiger partial charge in [0.25, 0.3) is 5.91 Å². The van der Waals surface area contributed by atoms with Gasteiger partial charge in [0, 0.05) is 20.0 Å². The number of carbonyl (C=O) groups excluding carboxylic acids is 1. The second kappa shape index (κ2) is 7.58. The summed E-state index contributed by atoms with van der Waals surface area (Å²) in [5, 5.41) is 12.9. The van der Waals surface area contributed by atoms with Crippen molar-refractivity contribution >= 4 is 18.1 Å². The molecule has 2 aromatic heterocycles. The molecule has 2 N–H and O–H groups in total. The zero-order valence-corrected chi connectivity index (χ0v) is 15.9. The number of para-hydroxylation sites is 1. The van der Waals surface area contributed by atoms with Crippen LogP contribution in [-0.2, 0) is 19.6 Å². The molecule has 0 radical (unpaired) electrons. The van der Waals surface area contributed by atoms with Crippen molar-refractivity contribution in [1.29, 1.82) is 0 Å². The minimum Gasteiger partial charge on any atom is -0.351 e. The molecule has 7 nitrogen and oxygen atoms in total. The van der Waals surface area contributed by atoms with Crippen LogP contribution in [0.5, 0.6) is 0 Å². The van der Waals surface area contributed by atoms with Crippen LogP contribution in [0.25, 0.3) is 5.69 Å². The molecular formula is C17H17F3N6OS. The Kier molecular flexibility index (Phi) is 5.36. The van der Waals surface area contributed by atoms with E-state index in [1.807, 2.05) is 0 Å². The van der Waals surface area contributed by atoms with Gasteiger partial charge in [0.1, 0.15) is 5.82 Å². The Morgan fingerprint density at radius 3 is 2.64 bits per heavy atom. The molecule has 0 aliphatic heterocycles. The molecule has 3 aromatic rings. The van der Waals surface area contributed by atoms with E-state index >= 15 is 0 Å². The van der Waals surface area contributed by atoms with Gasteiger partial charge in [-0.25, -0.2) is 4.68 Å². The number of nitrogens with one attached hydrogen (secondary N) is 2. The summed E-state index contributed by atoms with van der Waals surface area (Å²) in [5.74, 6) is -0.277. The van der Waals surface area contributed by atoms with E-state index in [1.165, 1.54) is 6.07 Å². The summed E-state index contributed by atoms with van der Waals surface area (Å²) >= 11 is 4.99. The number of aryl methyl sites for hydroxylation is 1. The lowest BCUT2D eigenvalue weighted by Gasteiger charge is -2.14. The summed E-state index contributed by atoms with van der Waals surface area (Å²) in [6.45, 7) is 1.77. The van der Waals surface area contributed by atoms with Gasteiger partial charge in [0.15, 0.2) is 10.5 Å². The first-order valence-electron chi connectivity index (χ1n) is 8.30. The number of carbonyl (C=O) groups is 1. The Balaban J connectivity index is 1.85. The summed E-state index contributed by atoms with van der Waals surface area (Å²) in [6.07, 6.45) is -3.51. The first-order chi connectivity index (χ1) is 13.2. The van der Waals surface area contributed by atoms with Crippen LogP contribution in [-0.4, -0.2) is 37.0 Å². The van der Waals surface area contributed by atoms with Crippen LogP contribution in [0.1, 0.15) is 27.4 Å². The first kappa shape index (κ1) is 19.8. The van der Waals surface area contributed by atoms with E-state index in [0.717, 1.165) is 10.9 Å². The van der Waals surface area contributed by atoms with Gasteiger partial charge >= 0.3 is 6.18 Å². The molecule has 2 heterocycles. The summed E-state index contributed by atoms with van der Waals surface area (Å²) in [6, 6.07) is 6.52. The molecule has 0 fully saturated rings. The van der Waals surface area contributed by atoms with E-state index in [2.05, 4.69) is 20.6 Å². The van der Waals surface area contributed by atoms with Crippen LogP contribution in [0.15, 0.2) is 30.5 Å². The van der Waals surface area contributed by atoms with Crippen molar-refractivity contribution in [2.75, 3.05) is 6.54 Å². The zero-order valence-electron chi connectivity index (χ0n) is 15.0. The lowest BCUT2D eigenvalue weighted by molar-refractivity contribution is -0.143. The minimum absolute atomic E-state index is 0.0964. The van der Waals surface area contributed by atoms with Gasteiger partial charge in [-0.15, -0.1) is 0 Å². The van der Waals surface area contributed by atoms with Crippen LogP contribution in [0, 0.1) is 11.7 Å². The van der Waals surface area contributed by atoms with E-state index in [0.29, 0.717) is 22.6 Å². The average molecular weight is 410 g/mol. The molecule has 0 unspecified atom stereocenters. The fraction of sp³-hybridized carbons (Fsp3) is 0.294. The molecule has 0 saturated heterocycles. The second-order valence-electron chi connectivity index (χ2n) is 6.11. The molecule has 11 heteroatoms. The molecule has 0 aliphatic carbocycles. The number of benzene rings is 1. The van der Waals surface area contributed by atoms with Crippen molar-refractivity contribution < 1.29 is 18.0 Å². The summed E-state index contributed by atoms with van der Waals surface area (Å²) in [5.41, 5.74) is -0.784. The van der Waals surface area contributed by atoms with Gasteiger partial charge in [-0.05, 0) is 30.8 Å². The summed E-state index contributed by atoms with van der Waals surface area (Å²) in [7, 11) is 1.71. The number of rotatable bonds is 5. The maximum Gasteiger partial charge on any atom is 0.434 e. The molecule has 1 aromatic carbocycles. The molecular weight excluding hydrogens is 393 g/mol. The van der Waals surface area contributed by atoms with Crippen molar-refractivity contribution in [1.82, 2.24) is 29.9 Å². The topological polar surface area (TPSA) is 80.5 Å². The minimum atomic E-state index is -4.75. The maximum absolute atomic E-state index is 13.7. The van der Waals surface area contributed by atoms with E-state index in [-0.39, 0.29) is 12.2 Å². The third-order valence-corrected chi connectivity index (χ3v) is 4.60. The van der Waals surface area contributed by atoms with Crippen molar-refractivity contribution in [3.8, 4) is 5.69 Å². The highest BCUT2D eigenvalue weighted by molar-refractivity contribution is 7.71. The van der Waals surface area contributed by atoms with Crippen molar-refractivity contribution in [3.63, 3.8) is 0 Å². The van der Waals surface area contributed by atoms with Crippen LogP contribution in [0.2, 0.25) is 0 Å². The number of halogens is 3.